The van der Waals surface area contributed by atoms with E-state index >= 15 is 0 Å². The molecule has 13 nitrogen and oxygen atoms in total. The minimum atomic E-state index is -4.50. The number of carbonyl (C=O) groups is 4. The van der Waals surface area contributed by atoms with Crippen molar-refractivity contribution in [1.82, 2.24) is 39.3 Å². The van der Waals surface area contributed by atoms with Gasteiger partial charge >= 0.3 is 6.18 Å². The molecule has 1 aliphatic carbocycles. The molecule has 2 aliphatic heterocycles. The van der Waals surface area contributed by atoms with E-state index in [1.54, 1.807) is 31.3 Å². The van der Waals surface area contributed by atoms with Crippen molar-refractivity contribution in [3.05, 3.63) is 66.0 Å². The number of carbonyl (C=O) groups excluding carboxylic acids is 4. The lowest BCUT2D eigenvalue weighted by Gasteiger charge is -2.27. The van der Waals surface area contributed by atoms with Gasteiger partial charge < -0.3 is 15.1 Å². The molecule has 16 heteroatoms. The van der Waals surface area contributed by atoms with Crippen LogP contribution in [0.15, 0.2) is 48.9 Å². The van der Waals surface area contributed by atoms with Crippen LogP contribution in [-0.4, -0.2) is 94.7 Å². The molecule has 0 radical (unpaired) electrons. The lowest BCUT2D eigenvalue weighted by molar-refractivity contribution is -0.142. The largest absolute Gasteiger partial charge is 0.408 e. The van der Waals surface area contributed by atoms with E-state index in [1.165, 1.54) is 22.6 Å². The summed E-state index contributed by atoms with van der Waals surface area (Å²) in [5.41, 5.74) is 2.61. The molecule has 3 amide bonds. The zero-order valence-electron chi connectivity index (χ0n) is 29.0. The fraction of sp³-hybridized carbons (Fsp3) is 0.444. The zero-order chi connectivity index (χ0) is 36.9. The third-order valence-corrected chi connectivity index (χ3v) is 10.1. The number of hydrogen-bond donors (Lipinski definition) is 1. The van der Waals surface area contributed by atoms with Gasteiger partial charge in [0.2, 0.25) is 17.7 Å². The normalized spacial score (nSPS) is 22.4. The first-order valence-corrected chi connectivity index (χ1v) is 17.2. The molecule has 5 heterocycles. The molecule has 1 saturated heterocycles. The topological polar surface area (TPSA) is 148 Å². The molecule has 4 aromatic rings. The number of anilines is 1. The molecule has 3 aromatic heterocycles. The number of rotatable bonds is 5. The van der Waals surface area contributed by atoms with Crippen molar-refractivity contribution in [3.8, 4) is 11.1 Å². The number of allylic oxidation sites excluding steroid dienone is 2. The summed E-state index contributed by atoms with van der Waals surface area (Å²) in [6.07, 6.45) is 6.98. The van der Waals surface area contributed by atoms with Crippen molar-refractivity contribution in [2.75, 3.05) is 18.9 Å². The number of ketones is 1. The number of Topliss-reactive ketones (excluding diaryl/α,β-unsaturated/α-hetero) is 1. The van der Waals surface area contributed by atoms with E-state index in [-0.39, 0.29) is 42.2 Å². The van der Waals surface area contributed by atoms with Crippen molar-refractivity contribution >= 4 is 40.2 Å². The number of amides is 3. The maximum Gasteiger partial charge on any atom is 0.408 e. The number of aromatic nitrogens is 6. The van der Waals surface area contributed by atoms with Gasteiger partial charge in [0.1, 0.15) is 30.6 Å². The van der Waals surface area contributed by atoms with Crippen LogP contribution in [-0.2, 0) is 33.9 Å². The minimum absolute atomic E-state index is 0.0367. The van der Waals surface area contributed by atoms with Gasteiger partial charge in [-0.05, 0) is 62.3 Å². The Morgan fingerprint density at radius 3 is 2.54 bits per heavy atom. The average Bonchev–Trinajstić information content (AvgIpc) is 3.34. The number of nitrogens with zero attached hydrogens (tertiary/aromatic N) is 8. The van der Waals surface area contributed by atoms with Gasteiger partial charge in [0.25, 0.3) is 0 Å². The summed E-state index contributed by atoms with van der Waals surface area (Å²) in [5.74, 6) is -0.787. The Bertz CT molecular complexity index is 2110. The molecule has 2 fully saturated rings. The summed E-state index contributed by atoms with van der Waals surface area (Å²) in [6, 6.07) is 3.75. The summed E-state index contributed by atoms with van der Waals surface area (Å²) in [6.45, 7) is 1.95. The molecule has 7 rings (SSSR count). The molecule has 1 aromatic carbocycles. The Balaban J connectivity index is 1.27. The standard InChI is InChI=1S/C36H38F3N9O4/c1-21(49)32-26-13-24(25-16-40-22(2)41-17-25)12-23-8-6-4-5-7-9-30(50)45(3)19-35-14-27(34(52)42-29-10-11-46(43-29)20-36(37,38)39)48(28(35)15-35)31(51)18-47(44-32)33(23)26/h4,6,10-13,16-17,27-28H,5,7-9,14-15,18-20H2,1-3H3,(H,42,43,52)/t27-,28+,35-/m0/s1. The summed E-state index contributed by atoms with van der Waals surface area (Å²) in [4.78, 5) is 66.2. The van der Waals surface area contributed by atoms with Crippen LogP contribution in [0.5, 0.6) is 0 Å². The van der Waals surface area contributed by atoms with Crippen molar-refractivity contribution < 1.29 is 32.3 Å². The first kappa shape index (κ1) is 35.0. The second-order valence-electron chi connectivity index (χ2n) is 14.0. The number of alkyl halides is 3. The molecule has 0 unspecified atom stereocenters. The maximum atomic E-state index is 14.4. The lowest BCUT2D eigenvalue weighted by atomic mass is 9.98. The highest BCUT2D eigenvalue weighted by Crippen LogP contribution is 2.60. The van der Waals surface area contributed by atoms with Crippen LogP contribution >= 0.6 is 0 Å². The Morgan fingerprint density at radius 1 is 1.04 bits per heavy atom. The summed E-state index contributed by atoms with van der Waals surface area (Å²) >= 11 is 0. The van der Waals surface area contributed by atoms with E-state index in [9.17, 15) is 32.3 Å². The summed E-state index contributed by atoms with van der Waals surface area (Å²) in [5, 5.41) is 11.7. The fourth-order valence-electron chi connectivity index (χ4n) is 7.65. The molecule has 0 spiro atoms. The Labute approximate surface area is 296 Å². The van der Waals surface area contributed by atoms with Crippen molar-refractivity contribution in [2.24, 2.45) is 5.41 Å². The van der Waals surface area contributed by atoms with E-state index in [0.717, 1.165) is 22.9 Å². The quantitative estimate of drug-likeness (QED) is 0.235. The summed E-state index contributed by atoms with van der Waals surface area (Å²) < 4.78 is 41.1. The van der Waals surface area contributed by atoms with Gasteiger partial charge in [0.15, 0.2) is 11.6 Å². The van der Waals surface area contributed by atoms with Crippen LogP contribution < -0.4 is 5.32 Å². The predicted octanol–water partition coefficient (Wildman–Crippen LogP) is 4.50. The summed E-state index contributed by atoms with van der Waals surface area (Å²) in [7, 11) is 1.72. The third-order valence-electron chi connectivity index (χ3n) is 10.1. The van der Waals surface area contributed by atoms with Crippen molar-refractivity contribution in [3.63, 3.8) is 0 Å². The first-order chi connectivity index (χ1) is 24.7. The average molecular weight is 718 g/mol. The van der Waals surface area contributed by atoms with Crippen LogP contribution in [0.1, 0.15) is 60.9 Å². The van der Waals surface area contributed by atoms with Gasteiger partial charge in [0.05, 0.1) is 5.52 Å². The third kappa shape index (κ3) is 6.93. The molecule has 3 atom stereocenters. The smallest absolute Gasteiger partial charge is 0.345 e. The van der Waals surface area contributed by atoms with Crippen LogP contribution in [0.3, 0.4) is 0 Å². The lowest BCUT2D eigenvalue weighted by Crippen LogP contribution is -2.46. The van der Waals surface area contributed by atoms with E-state index in [1.807, 2.05) is 24.3 Å². The second kappa shape index (κ2) is 13.3. The van der Waals surface area contributed by atoms with Crippen LogP contribution in [0.2, 0.25) is 0 Å². The molecule has 3 aliphatic rings. The van der Waals surface area contributed by atoms with Gasteiger partial charge in [0, 0.05) is 74.0 Å². The first-order valence-electron chi connectivity index (χ1n) is 17.2. The molecule has 1 N–H and O–H groups in total. The van der Waals surface area contributed by atoms with Crippen LogP contribution in [0, 0.1) is 12.3 Å². The van der Waals surface area contributed by atoms with E-state index in [0.29, 0.717) is 60.1 Å². The van der Waals surface area contributed by atoms with Gasteiger partial charge in [-0.1, -0.05) is 12.2 Å². The van der Waals surface area contributed by atoms with Gasteiger partial charge in [-0.2, -0.15) is 23.4 Å². The molecule has 2 bridgehead atoms. The highest BCUT2D eigenvalue weighted by molar-refractivity contribution is 6.07. The Hall–Kier alpha value is -5.41. The number of nitrogens with one attached hydrogen (secondary N) is 1. The maximum absolute atomic E-state index is 14.4. The number of halogens is 3. The predicted molar refractivity (Wildman–Crippen MR) is 183 cm³/mol. The van der Waals surface area contributed by atoms with E-state index < -0.39 is 36.0 Å². The zero-order valence-corrected chi connectivity index (χ0v) is 29.0. The SMILES string of the molecule is CC(=O)c1nn2c3c(cc(-c4cnc(C)nc4)cc13)CC=CCCCC(=O)N(C)C[C@@]13C[C@@H](C(=O)Nc4ccn(CC(F)(F)F)n4)N(C(=O)C2)[C@@H]1C3. The van der Waals surface area contributed by atoms with Gasteiger partial charge in [-0.25, -0.2) is 9.97 Å². The fourth-order valence-corrected chi connectivity index (χ4v) is 7.65. The second-order valence-corrected chi connectivity index (χ2v) is 14.0. The van der Waals surface area contributed by atoms with Crippen LogP contribution in [0.25, 0.3) is 22.0 Å². The molecule has 52 heavy (non-hydrogen) atoms. The molecule has 272 valence electrons. The molecular weight excluding hydrogens is 679 g/mol. The molecule has 1 saturated carbocycles. The highest BCUT2D eigenvalue weighted by atomic mass is 19.4. The molecular formula is C36H38F3N9O4. The number of aryl methyl sites for hydroxylation is 1. The minimum Gasteiger partial charge on any atom is -0.345 e. The van der Waals surface area contributed by atoms with Crippen molar-refractivity contribution in [2.45, 2.75) is 83.7 Å². The van der Waals surface area contributed by atoms with Gasteiger partial charge in [-0.15, -0.1) is 0 Å². The highest BCUT2D eigenvalue weighted by Gasteiger charge is 2.67. The number of piperidine rings is 1. The van der Waals surface area contributed by atoms with Crippen molar-refractivity contribution in [1.29, 1.82) is 0 Å². The monoisotopic (exact) mass is 717 g/mol. The van der Waals surface area contributed by atoms with E-state index in [2.05, 4.69) is 25.5 Å². The Kier molecular flexibility index (Phi) is 8.95. The van der Waals surface area contributed by atoms with Crippen LogP contribution in [0.4, 0.5) is 19.0 Å². The van der Waals surface area contributed by atoms with Gasteiger partial charge in [-0.3, -0.25) is 28.5 Å². The van der Waals surface area contributed by atoms with E-state index in [4.69, 9.17) is 0 Å². The number of benzene rings is 1. The number of hydrogen-bond acceptors (Lipinski definition) is 8. The Morgan fingerprint density at radius 2 is 1.81 bits per heavy atom.